The van der Waals surface area contributed by atoms with Crippen LogP contribution < -0.4 is 11.3 Å². The van der Waals surface area contributed by atoms with E-state index < -0.39 is 0 Å². The Morgan fingerprint density at radius 3 is 2.56 bits per heavy atom. The van der Waals surface area contributed by atoms with E-state index in [-0.39, 0.29) is 6.04 Å². The number of nitrogens with two attached hydrogens (primary N) is 1. The fraction of sp³-hybridized carbons (Fsp3) is 0.267. The number of nitrogens with one attached hydrogen (secondary N) is 1. The molecule has 0 spiro atoms. The van der Waals surface area contributed by atoms with Crippen LogP contribution in [-0.2, 0) is 6.42 Å². The molecule has 0 aliphatic carbocycles. The van der Waals surface area contributed by atoms with Crippen molar-refractivity contribution >= 4 is 16.6 Å². The molecule has 18 heavy (non-hydrogen) atoms. The summed E-state index contributed by atoms with van der Waals surface area (Å²) in [6.07, 6.45) is 0.736. The van der Waals surface area contributed by atoms with Crippen LogP contribution in [0.25, 0.3) is 10.8 Å². The maximum Gasteiger partial charge on any atom is 0.115 e. The number of benzene rings is 2. The van der Waals surface area contributed by atoms with Crippen molar-refractivity contribution < 1.29 is 0 Å². The summed E-state index contributed by atoms with van der Waals surface area (Å²) in [7, 11) is 0. The molecule has 3 N–H and O–H groups in total. The first-order chi connectivity index (χ1) is 8.69. The van der Waals surface area contributed by atoms with Gasteiger partial charge in [0.1, 0.15) is 5.84 Å². The van der Waals surface area contributed by atoms with Crippen molar-refractivity contribution in [1.82, 2.24) is 5.43 Å². The molecule has 2 rings (SSSR count). The normalized spacial score (nSPS) is 12.1. The van der Waals surface area contributed by atoms with Gasteiger partial charge in [0.25, 0.3) is 0 Å². The topological polar surface area (TPSA) is 50.4 Å². The van der Waals surface area contributed by atoms with Gasteiger partial charge in [0.05, 0.1) is 0 Å². The molecular weight excluding hydrogens is 222 g/mol. The molecule has 0 fully saturated rings. The summed E-state index contributed by atoms with van der Waals surface area (Å²) in [6, 6.07) is 15.0. The Morgan fingerprint density at radius 2 is 1.89 bits per heavy atom. The van der Waals surface area contributed by atoms with Crippen LogP contribution in [0.2, 0.25) is 0 Å². The second-order valence-electron chi connectivity index (χ2n) is 4.67. The van der Waals surface area contributed by atoms with Crippen LogP contribution in [0, 0.1) is 0 Å². The molecule has 2 aromatic carbocycles. The van der Waals surface area contributed by atoms with E-state index in [4.69, 9.17) is 5.84 Å². The van der Waals surface area contributed by atoms with E-state index in [1.807, 2.05) is 13.8 Å². The molecule has 2 aromatic rings. The lowest BCUT2D eigenvalue weighted by Crippen LogP contribution is -2.32. The summed E-state index contributed by atoms with van der Waals surface area (Å²) in [4.78, 5) is 4.45. The number of nitrogens with zero attached hydrogens (tertiary/aromatic N) is 1. The first-order valence-corrected chi connectivity index (χ1v) is 6.20. The Bertz CT molecular complexity index is 558. The molecule has 0 aliphatic rings. The number of hydrogen-bond acceptors (Lipinski definition) is 2. The molecule has 0 bridgehead atoms. The summed E-state index contributed by atoms with van der Waals surface area (Å²) in [5.41, 5.74) is 3.89. The van der Waals surface area contributed by atoms with Crippen LogP contribution in [0.5, 0.6) is 0 Å². The van der Waals surface area contributed by atoms with Gasteiger partial charge in [-0.25, -0.2) is 5.84 Å². The fourth-order valence-electron chi connectivity index (χ4n) is 1.99. The lowest BCUT2D eigenvalue weighted by atomic mass is 10.0. The van der Waals surface area contributed by atoms with Gasteiger partial charge in [-0.2, -0.15) is 0 Å². The quantitative estimate of drug-likeness (QED) is 0.375. The van der Waals surface area contributed by atoms with Gasteiger partial charge >= 0.3 is 0 Å². The average molecular weight is 241 g/mol. The number of aliphatic imine (C=N–C) groups is 1. The number of hydrazine groups is 1. The van der Waals surface area contributed by atoms with E-state index in [9.17, 15) is 0 Å². The molecule has 0 unspecified atom stereocenters. The van der Waals surface area contributed by atoms with Crippen molar-refractivity contribution in [1.29, 1.82) is 0 Å². The zero-order valence-electron chi connectivity index (χ0n) is 10.9. The third-order valence-electron chi connectivity index (χ3n) is 2.77. The highest BCUT2D eigenvalue weighted by atomic mass is 15.2. The zero-order chi connectivity index (χ0) is 13.0. The molecule has 3 heteroatoms. The molecule has 0 atom stereocenters. The van der Waals surface area contributed by atoms with Crippen LogP contribution in [0.4, 0.5) is 0 Å². The van der Waals surface area contributed by atoms with Crippen LogP contribution in [-0.4, -0.2) is 11.9 Å². The van der Waals surface area contributed by atoms with Gasteiger partial charge in [-0.15, -0.1) is 0 Å². The van der Waals surface area contributed by atoms with Gasteiger partial charge < -0.3 is 5.43 Å². The first kappa shape index (κ1) is 12.6. The van der Waals surface area contributed by atoms with Crippen LogP contribution in [0.1, 0.15) is 19.4 Å². The summed E-state index contributed by atoms with van der Waals surface area (Å²) in [6.45, 7) is 4.08. The highest BCUT2D eigenvalue weighted by Gasteiger charge is 2.02. The molecule has 0 aliphatic heterocycles. The van der Waals surface area contributed by atoms with Crippen molar-refractivity contribution in [2.45, 2.75) is 26.3 Å². The monoisotopic (exact) mass is 241 g/mol. The second kappa shape index (κ2) is 5.65. The third-order valence-corrected chi connectivity index (χ3v) is 2.77. The van der Waals surface area contributed by atoms with E-state index in [1.54, 1.807) is 0 Å². The predicted molar refractivity (Wildman–Crippen MR) is 77.5 cm³/mol. The van der Waals surface area contributed by atoms with Gasteiger partial charge in [0, 0.05) is 12.5 Å². The lowest BCUT2D eigenvalue weighted by molar-refractivity contribution is 0.811. The standard InChI is InChI=1S/C15H19N3/c1-11(2)17-15(18-16)10-12-7-8-13-5-3-4-6-14(13)9-12/h3-9,11H,10,16H2,1-2H3,(H,17,18). The van der Waals surface area contributed by atoms with Crippen molar-refractivity contribution in [2.75, 3.05) is 0 Å². The van der Waals surface area contributed by atoms with E-state index in [0.29, 0.717) is 0 Å². The molecule has 3 nitrogen and oxygen atoms in total. The highest BCUT2D eigenvalue weighted by molar-refractivity contribution is 5.87. The summed E-state index contributed by atoms with van der Waals surface area (Å²) in [5, 5.41) is 2.50. The van der Waals surface area contributed by atoms with Gasteiger partial charge in [0.2, 0.25) is 0 Å². The largest absolute Gasteiger partial charge is 0.312 e. The first-order valence-electron chi connectivity index (χ1n) is 6.20. The predicted octanol–water partition coefficient (Wildman–Crippen LogP) is 2.65. The minimum atomic E-state index is 0.247. The summed E-state index contributed by atoms with van der Waals surface area (Å²) < 4.78 is 0. The van der Waals surface area contributed by atoms with E-state index in [0.717, 1.165) is 12.3 Å². The average Bonchev–Trinajstić information content (AvgIpc) is 2.37. The van der Waals surface area contributed by atoms with Crippen molar-refractivity contribution in [3.63, 3.8) is 0 Å². The smallest absolute Gasteiger partial charge is 0.115 e. The van der Waals surface area contributed by atoms with Crippen molar-refractivity contribution in [3.8, 4) is 0 Å². The minimum absolute atomic E-state index is 0.247. The lowest BCUT2D eigenvalue weighted by Gasteiger charge is -2.08. The molecule has 0 amide bonds. The molecular formula is C15H19N3. The SMILES string of the molecule is CC(C)N=C(Cc1ccc2ccccc2c1)NN. The number of hydrogen-bond donors (Lipinski definition) is 2. The fourth-order valence-corrected chi connectivity index (χ4v) is 1.99. The van der Waals surface area contributed by atoms with Gasteiger partial charge in [-0.05, 0) is 30.2 Å². The summed E-state index contributed by atoms with van der Waals surface area (Å²) >= 11 is 0. The van der Waals surface area contributed by atoms with E-state index in [2.05, 4.69) is 52.9 Å². The third kappa shape index (κ3) is 3.08. The highest BCUT2D eigenvalue weighted by Crippen LogP contribution is 2.16. The maximum atomic E-state index is 5.50. The van der Waals surface area contributed by atoms with Crippen molar-refractivity contribution in [2.24, 2.45) is 10.8 Å². The molecule has 0 saturated heterocycles. The van der Waals surface area contributed by atoms with Gasteiger partial charge in [0.15, 0.2) is 0 Å². The molecule has 0 aromatic heterocycles. The zero-order valence-corrected chi connectivity index (χ0v) is 10.9. The maximum absolute atomic E-state index is 5.50. The Labute approximate surface area is 108 Å². The minimum Gasteiger partial charge on any atom is -0.312 e. The van der Waals surface area contributed by atoms with E-state index >= 15 is 0 Å². The van der Waals surface area contributed by atoms with Crippen molar-refractivity contribution in [3.05, 3.63) is 48.0 Å². The van der Waals surface area contributed by atoms with Gasteiger partial charge in [-0.1, -0.05) is 42.5 Å². The molecule has 94 valence electrons. The summed E-state index contributed by atoms with van der Waals surface area (Å²) in [5.74, 6) is 6.32. The van der Waals surface area contributed by atoms with Crippen LogP contribution >= 0.6 is 0 Å². The molecule has 0 heterocycles. The Hall–Kier alpha value is -1.87. The van der Waals surface area contributed by atoms with Gasteiger partial charge in [-0.3, -0.25) is 4.99 Å². The van der Waals surface area contributed by atoms with Crippen LogP contribution in [0.15, 0.2) is 47.5 Å². The number of fused-ring (bicyclic) bond motifs is 1. The van der Waals surface area contributed by atoms with Crippen LogP contribution in [0.3, 0.4) is 0 Å². The number of amidine groups is 1. The second-order valence-corrected chi connectivity index (χ2v) is 4.67. The number of rotatable bonds is 3. The molecule has 0 radical (unpaired) electrons. The van der Waals surface area contributed by atoms with E-state index in [1.165, 1.54) is 16.3 Å². The Balaban J connectivity index is 2.26. The Morgan fingerprint density at radius 1 is 1.17 bits per heavy atom. The Kier molecular flexibility index (Phi) is 3.95. The molecule has 0 saturated carbocycles.